The van der Waals surface area contributed by atoms with Crippen LogP contribution in [-0.2, 0) is 17.7 Å². The van der Waals surface area contributed by atoms with Gasteiger partial charge in [-0.05, 0) is 49.1 Å². The quantitative estimate of drug-likeness (QED) is 0.228. The van der Waals surface area contributed by atoms with Crippen LogP contribution < -0.4 is 10.6 Å². The first-order valence-electron chi connectivity index (χ1n) is 11.1. The summed E-state index contributed by atoms with van der Waals surface area (Å²) in [4.78, 5) is 6.97. The second-order valence-corrected chi connectivity index (χ2v) is 8.30. The summed E-state index contributed by atoms with van der Waals surface area (Å²) in [6.07, 6.45) is 7.60. The van der Waals surface area contributed by atoms with Crippen LogP contribution in [0.15, 0.2) is 29.3 Å². The number of nitrogens with zero attached hydrogens (tertiary/aromatic N) is 2. The molecule has 1 aliphatic heterocycles. The number of rotatable bonds is 9. The Morgan fingerprint density at radius 1 is 1.17 bits per heavy atom. The average molecular weight is 514 g/mol. The smallest absolute Gasteiger partial charge is 0.191 e. The average Bonchev–Trinajstić information content (AvgIpc) is 3.19. The zero-order chi connectivity index (χ0) is 19.7. The van der Waals surface area contributed by atoms with Gasteiger partial charge in [0, 0.05) is 53.0 Å². The van der Waals surface area contributed by atoms with E-state index < -0.39 is 0 Å². The van der Waals surface area contributed by atoms with E-state index >= 15 is 0 Å². The summed E-state index contributed by atoms with van der Waals surface area (Å²) in [5.74, 6) is 0.931. The molecule has 2 N–H and O–H groups in total. The van der Waals surface area contributed by atoms with Gasteiger partial charge in [0.2, 0.25) is 0 Å². The highest BCUT2D eigenvalue weighted by atomic mass is 127. The molecule has 164 valence electrons. The minimum absolute atomic E-state index is 0. The molecule has 0 bridgehead atoms. The molecule has 5 nitrogen and oxygen atoms in total. The summed E-state index contributed by atoms with van der Waals surface area (Å²) in [7, 11) is 1.87. The van der Waals surface area contributed by atoms with Gasteiger partial charge in [-0.15, -0.1) is 24.0 Å². The monoisotopic (exact) mass is 514 g/mol. The van der Waals surface area contributed by atoms with E-state index in [0.29, 0.717) is 5.41 Å². The first-order valence-corrected chi connectivity index (χ1v) is 11.1. The molecule has 1 aromatic carbocycles. The predicted molar refractivity (Wildman–Crippen MR) is 132 cm³/mol. The van der Waals surface area contributed by atoms with Crippen LogP contribution >= 0.6 is 24.0 Å². The van der Waals surface area contributed by atoms with E-state index in [1.54, 1.807) is 0 Å². The van der Waals surface area contributed by atoms with Gasteiger partial charge in [-0.3, -0.25) is 9.89 Å². The van der Waals surface area contributed by atoms with Gasteiger partial charge >= 0.3 is 0 Å². The third-order valence-corrected chi connectivity index (χ3v) is 6.43. The first-order chi connectivity index (χ1) is 13.7. The molecule has 0 amide bonds. The Balaban J connectivity index is 0.00000300. The van der Waals surface area contributed by atoms with Crippen molar-refractivity contribution in [1.82, 2.24) is 15.5 Å². The minimum Gasteiger partial charge on any atom is -0.382 e. The Morgan fingerprint density at radius 3 is 2.66 bits per heavy atom. The molecule has 0 spiro atoms. The maximum absolute atomic E-state index is 5.63. The summed E-state index contributed by atoms with van der Waals surface area (Å²) in [6.45, 7) is 8.94. The van der Waals surface area contributed by atoms with Gasteiger partial charge in [-0.25, -0.2) is 0 Å². The number of hydrogen-bond donors (Lipinski definition) is 2. The topological polar surface area (TPSA) is 48.9 Å². The van der Waals surface area contributed by atoms with Crippen molar-refractivity contribution in [2.45, 2.75) is 52.0 Å². The van der Waals surface area contributed by atoms with Crippen LogP contribution in [0.3, 0.4) is 0 Å². The number of fused-ring (bicyclic) bond motifs is 1. The fourth-order valence-corrected chi connectivity index (χ4v) is 4.64. The lowest BCUT2D eigenvalue weighted by molar-refractivity contribution is 0.105. The molecule has 3 rings (SSSR count). The third-order valence-electron chi connectivity index (χ3n) is 6.43. The van der Waals surface area contributed by atoms with E-state index in [-0.39, 0.29) is 24.0 Å². The number of benzene rings is 1. The van der Waals surface area contributed by atoms with E-state index in [4.69, 9.17) is 4.74 Å². The predicted octanol–water partition coefficient (Wildman–Crippen LogP) is 3.81. The number of ether oxygens (including phenoxy) is 1. The molecule has 29 heavy (non-hydrogen) atoms. The van der Waals surface area contributed by atoms with Crippen molar-refractivity contribution in [1.29, 1.82) is 0 Å². The second-order valence-electron chi connectivity index (χ2n) is 8.30. The minimum atomic E-state index is 0. The molecule has 1 heterocycles. The summed E-state index contributed by atoms with van der Waals surface area (Å²) in [5, 5.41) is 7.11. The maximum atomic E-state index is 5.63. The van der Waals surface area contributed by atoms with Crippen molar-refractivity contribution >= 4 is 29.9 Å². The van der Waals surface area contributed by atoms with E-state index in [9.17, 15) is 0 Å². The Kier molecular flexibility index (Phi) is 10.7. The summed E-state index contributed by atoms with van der Waals surface area (Å²) < 4.78 is 5.63. The Hall–Kier alpha value is -0.860. The fourth-order valence-electron chi connectivity index (χ4n) is 4.64. The molecule has 1 saturated carbocycles. The molecule has 0 radical (unpaired) electrons. The largest absolute Gasteiger partial charge is 0.382 e. The van der Waals surface area contributed by atoms with E-state index in [1.165, 1.54) is 36.8 Å². The van der Waals surface area contributed by atoms with E-state index in [0.717, 1.165) is 64.7 Å². The second kappa shape index (κ2) is 12.7. The fraction of sp³-hybridized carbons (Fsp3) is 0.696. The van der Waals surface area contributed by atoms with Crippen LogP contribution in [0.1, 0.15) is 50.2 Å². The van der Waals surface area contributed by atoms with Crippen molar-refractivity contribution in [3.63, 3.8) is 0 Å². The molecule has 1 fully saturated rings. The standard InChI is InChI=1S/C23H38N4O.HI/c1-3-28-17-13-23(11-6-7-12-23)19-26-22(24-2)25-14-16-27-15-10-20-8-4-5-9-21(20)18-27;/h4-5,8-9H,3,6-7,10-19H2,1-2H3,(H2,24,25,26);1H. The van der Waals surface area contributed by atoms with Crippen LogP contribution in [0.5, 0.6) is 0 Å². The van der Waals surface area contributed by atoms with Gasteiger partial charge < -0.3 is 15.4 Å². The van der Waals surface area contributed by atoms with E-state index in [2.05, 4.69) is 51.7 Å². The van der Waals surface area contributed by atoms with Crippen LogP contribution in [0.4, 0.5) is 0 Å². The lowest BCUT2D eigenvalue weighted by Gasteiger charge is -2.31. The lowest BCUT2D eigenvalue weighted by atomic mass is 9.83. The highest BCUT2D eigenvalue weighted by molar-refractivity contribution is 14.0. The van der Waals surface area contributed by atoms with Crippen LogP contribution in [0, 0.1) is 5.41 Å². The number of nitrogens with one attached hydrogen (secondary N) is 2. The molecule has 0 saturated heterocycles. The number of guanidine groups is 1. The van der Waals surface area contributed by atoms with Gasteiger partial charge in [0.1, 0.15) is 0 Å². The van der Waals surface area contributed by atoms with Gasteiger partial charge in [0.15, 0.2) is 5.96 Å². The van der Waals surface area contributed by atoms with Crippen LogP contribution in [0.25, 0.3) is 0 Å². The highest BCUT2D eigenvalue weighted by Gasteiger charge is 2.33. The van der Waals surface area contributed by atoms with Gasteiger partial charge in [-0.2, -0.15) is 0 Å². The van der Waals surface area contributed by atoms with Gasteiger partial charge in [0.25, 0.3) is 0 Å². The zero-order valence-electron chi connectivity index (χ0n) is 18.2. The van der Waals surface area contributed by atoms with Crippen LogP contribution in [-0.4, -0.2) is 57.3 Å². The molecular formula is C23H39IN4O. The van der Waals surface area contributed by atoms with Crippen molar-refractivity contribution in [2.24, 2.45) is 10.4 Å². The van der Waals surface area contributed by atoms with Crippen molar-refractivity contribution in [3.8, 4) is 0 Å². The summed E-state index contributed by atoms with van der Waals surface area (Å²) >= 11 is 0. The molecule has 0 aromatic heterocycles. The van der Waals surface area contributed by atoms with Crippen molar-refractivity contribution < 1.29 is 4.74 Å². The Labute approximate surface area is 194 Å². The first kappa shape index (κ1) is 24.4. The Bertz CT molecular complexity index is 631. The highest BCUT2D eigenvalue weighted by Crippen LogP contribution is 2.40. The zero-order valence-corrected chi connectivity index (χ0v) is 20.5. The lowest BCUT2D eigenvalue weighted by Crippen LogP contribution is -2.46. The molecule has 1 aliphatic carbocycles. The number of halogens is 1. The molecule has 2 aliphatic rings. The van der Waals surface area contributed by atoms with Gasteiger partial charge in [-0.1, -0.05) is 37.1 Å². The molecule has 0 atom stereocenters. The molecule has 0 unspecified atom stereocenters. The SMILES string of the molecule is CCOCCC1(CNC(=NC)NCCN2CCc3ccccc3C2)CCCC1.I. The summed E-state index contributed by atoms with van der Waals surface area (Å²) in [6, 6.07) is 8.83. The third kappa shape index (κ3) is 7.40. The summed E-state index contributed by atoms with van der Waals surface area (Å²) in [5.41, 5.74) is 3.37. The Morgan fingerprint density at radius 2 is 1.93 bits per heavy atom. The van der Waals surface area contributed by atoms with Crippen molar-refractivity contribution in [2.75, 3.05) is 46.4 Å². The molecular weight excluding hydrogens is 475 g/mol. The number of hydrogen-bond acceptors (Lipinski definition) is 3. The molecule has 6 heteroatoms. The van der Waals surface area contributed by atoms with Crippen molar-refractivity contribution in [3.05, 3.63) is 35.4 Å². The van der Waals surface area contributed by atoms with E-state index in [1.807, 2.05) is 7.05 Å². The number of aliphatic imine (C=N–C) groups is 1. The normalized spacial score (nSPS) is 18.8. The van der Waals surface area contributed by atoms with Crippen LogP contribution in [0.2, 0.25) is 0 Å². The van der Waals surface area contributed by atoms with Gasteiger partial charge in [0.05, 0.1) is 0 Å². The molecule has 1 aromatic rings. The maximum Gasteiger partial charge on any atom is 0.191 e.